The van der Waals surface area contributed by atoms with Crippen LogP contribution in [-0.4, -0.2) is 35.4 Å². The van der Waals surface area contributed by atoms with Crippen molar-refractivity contribution in [1.29, 1.82) is 0 Å². The monoisotopic (exact) mass is 430 g/mol. The van der Waals surface area contributed by atoms with E-state index in [1.54, 1.807) is 12.2 Å². The zero-order valence-electron chi connectivity index (χ0n) is 20.1. The summed E-state index contributed by atoms with van der Waals surface area (Å²) in [4.78, 5) is 23.6. The highest BCUT2D eigenvalue weighted by Gasteiger charge is 2.44. The first-order chi connectivity index (χ1) is 14.3. The first kappa shape index (κ1) is 26.7. The van der Waals surface area contributed by atoms with E-state index in [2.05, 4.69) is 25.0 Å². The summed E-state index contributed by atoms with van der Waals surface area (Å²) in [6.07, 6.45) is 3.31. The second-order valence-electron chi connectivity index (χ2n) is 9.54. The van der Waals surface area contributed by atoms with Gasteiger partial charge in [-0.1, -0.05) is 57.3 Å². The lowest BCUT2D eigenvalue weighted by atomic mass is 9.62. The zero-order valence-corrected chi connectivity index (χ0v) is 20.1. The minimum atomic E-state index is -0.801. The highest BCUT2D eigenvalue weighted by Crippen LogP contribution is 2.48. The maximum absolute atomic E-state index is 11.9. The lowest BCUT2D eigenvalue weighted by Crippen LogP contribution is -2.42. The fourth-order valence-corrected chi connectivity index (χ4v) is 4.45. The van der Waals surface area contributed by atoms with Crippen LogP contribution < -0.4 is 0 Å². The number of esters is 2. The van der Waals surface area contributed by atoms with Gasteiger partial charge in [-0.15, -0.1) is 13.2 Å². The Hall–Kier alpha value is -2.32. The maximum atomic E-state index is 11.9. The Kier molecular flexibility index (Phi) is 9.32. The Bertz CT molecular complexity index is 790. The summed E-state index contributed by atoms with van der Waals surface area (Å²) in [6, 6.07) is 0. The van der Waals surface area contributed by atoms with Crippen LogP contribution >= 0.6 is 0 Å². The summed E-state index contributed by atoms with van der Waals surface area (Å²) >= 11 is 0. The zero-order chi connectivity index (χ0) is 24.0. The highest BCUT2D eigenvalue weighted by molar-refractivity contribution is 5.67. The lowest BCUT2D eigenvalue weighted by Gasteiger charge is -2.44. The van der Waals surface area contributed by atoms with Crippen LogP contribution in [0, 0.1) is 28.6 Å². The summed E-state index contributed by atoms with van der Waals surface area (Å²) in [5.74, 6) is 5.19. The number of aliphatic hydroxyl groups excluding tert-OH is 1. The van der Waals surface area contributed by atoms with Crippen molar-refractivity contribution in [1.82, 2.24) is 0 Å². The van der Waals surface area contributed by atoms with Gasteiger partial charge in [-0.05, 0) is 43.1 Å². The molecule has 0 heterocycles. The molecule has 31 heavy (non-hydrogen) atoms. The molecule has 0 amide bonds. The van der Waals surface area contributed by atoms with Gasteiger partial charge in [-0.2, -0.15) is 0 Å². The molecule has 0 bridgehead atoms. The molecule has 0 saturated heterocycles. The van der Waals surface area contributed by atoms with E-state index in [1.807, 2.05) is 34.6 Å². The van der Waals surface area contributed by atoms with Gasteiger partial charge >= 0.3 is 11.9 Å². The van der Waals surface area contributed by atoms with E-state index in [0.29, 0.717) is 6.42 Å². The number of hydrogen-bond acceptors (Lipinski definition) is 5. The summed E-state index contributed by atoms with van der Waals surface area (Å²) in [7, 11) is 0. The van der Waals surface area contributed by atoms with E-state index in [9.17, 15) is 14.7 Å². The second-order valence-corrected chi connectivity index (χ2v) is 9.54. The smallest absolute Gasteiger partial charge is 0.304 e. The number of rotatable bonds is 8. The van der Waals surface area contributed by atoms with Crippen molar-refractivity contribution >= 4 is 11.9 Å². The molecular formula is C26H38O5. The predicted molar refractivity (Wildman–Crippen MR) is 123 cm³/mol. The van der Waals surface area contributed by atoms with Gasteiger partial charge in [0.2, 0.25) is 0 Å². The van der Waals surface area contributed by atoms with E-state index in [0.717, 1.165) is 24.0 Å². The Labute approximate surface area is 187 Å². The fraction of sp³-hybridized carbons (Fsp3) is 0.615. The molecule has 4 atom stereocenters. The lowest BCUT2D eigenvalue weighted by molar-refractivity contribution is -0.148. The van der Waals surface area contributed by atoms with Crippen molar-refractivity contribution in [2.45, 2.75) is 86.0 Å². The largest absolute Gasteiger partial charge is 0.449 e. The van der Waals surface area contributed by atoms with Crippen molar-refractivity contribution in [3.05, 3.63) is 36.5 Å². The molecule has 0 aliphatic heterocycles. The van der Waals surface area contributed by atoms with E-state index in [-0.39, 0.29) is 5.92 Å². The number of carbonyl (C=O) groups excluding carboxylic acids is 2. The Balaban J connectivity index is 3.50. The molecule has 5 heteroatoms. The molecule has 172 valence electrons. The molecule has 5 nitrogen and oxygen atoms in total. The van der Waals surface area contributed by atoms with Crippen LogP contribution in [0.2, 0.25) is 0 Å². The summed E-state index contributed by atoms with van der Waals surface area (Å²) in [5, 5.41) is 10.5. The molecule has 0 spiro atoms. The number of allylic oxidation sites excluding steroid dienone is 2. The minimum absolute atomic E-state index is 0.0787. The Morgan fingerprint density at radius 1 is 1.23 bits per heavy atom. The number of carbonyl (C=O) groups is 2. The molecule has 0 unspecified atom stereocenters. The summed E-state index contributed by atoms with van der Waals surface area (Å²) < 4.78 is 11.1. The molecule has 0 aromatic carbocycles. The van der Waals surface area contributed by atoms with Crippen molar-refractivity contribution < 1.29 is 24.2 Å². The summed E-state index contributed by atoms with van der Waals surface area (Å²) in [5.41, 5.74) is 1.04. The van der Waals surface area contributed by atoms with Crippen molar-refractivity contribution in [2.75, 3.05) is 0 Å². The molecule has 0 saturated carbocycles. The van der Waals surface area contributed by atoms with Gasteiger partial charge in [-0.3, -0.25) is 9.59 Å². The Morgan fingerprint density at radius 2 is 1.81 bits per heavy atom. The molecular weight excluding hydrogens is 392 g/mol. The highest BCUT2D eigenvalue weighted by atomic mass is 16.5. The van der Waals surface area contributed by atoms with Crippen LogP contribution in [0.3, 0.4) is 0 Å². The SMILES string of the molecule is C=CCC(C)(C)[C@@H](C#C[C@H](OC(C)=O)C1=C(C)CC[C@@H]([C@@H](O)C=C)C1(C)C)OC(C)=O. The van der Waals surface area contributed by atoms with Gasteiger partial charge in [0.25, 0.3) is 0 Å². The summed E-state index contributed by atoms with van der Waals surface area (Å²) in [6.45, 7) is 20.2. The number of ether oxygens (including phenoxy) is 2. The molecule has 1 N–H and O–H groups in total. The van der Waals surface area contributed by atoms with Gasteiger partial charge in [0.1, 0.15) is 0 Å². The normalized spacial score (nSPS) is 21.1. The molecule has 0 radical (unpaired) electrons. The van der Waals surface area contributed by atoms with Crippen LogP contribution in [0.4, 0.5) is 0 Å². The van der Waals surface area contributed by atoms with E-state index in [4.69, 9.17) is 9.47 Å². The van der Waals surface area contributed by atoms with Crippen molar-refractivity contribution in [2.24, 2.45) is 16.7 Å². The van der Waals surface area contributed by atoms with Gasteiger partial charge in [0.05, 0.1) is 6.10 Å². The third-order valence-corrected chi connectivity index (χ3v) is 6.12. The van der Waals surface area contributed by atoms with E-state index < -0.39 is 41.1 Å². The quantitative estimate of drug-likeness (QED) is 0.342. The average Bonchev–Trinajstić information content (AvgIpc) is 2.62. The third kappa shape index (κ3) is 6.83. The Morgan fingerprint density at radius 3 is 2.29 bits per heavy atom. The van der Waals surface area contributed by atoms with E-state index in [1.165, 1.54) is 13.8 Å². The molecule has 0 aromatic rings. The maximum Gasteiger partial charge on any atom is 0.304 e. The van der Waals surface area contributed by atoms with Gasteiger partial charge in [0, 0.05) is 19.3 Å². The first-order valence-electron chi connectivity index (χ1n) is 10.7. The van der Waals surface area contributed by atoms with Crippen LogP contribution in [-0.2, 0) is 19.1 Å². The second kappa shape index (κ2) is 10.8. The van der Waals surface area contributed by atoms with Crippen LogP contribution in [0.15, 0.2) is 36.5 Å². The molecule has 1 rings (SSSR count). The van der Waals surface area contributed by atoms with Crippen LogP contribution in [0.5, 0.6) is 0 Å². The molecule has 1 aliphatic carbocycles. The standard InChI is InChI=1S/C26H38O5/c1-10-16-25(6,7)23(31-19(5)28)15-14-22(30-18(4)27)24-17(3)12-13-20(21(29)11-2)26(24,8)9/h10-11,20-23,29H,1-2,12-13,16H2,3-9H3/t20-,21-,22-,23+/m0/s1. The van der Waals surface area contributed by atoms with Gasteiger partial charge in [0.15, 0.2) is 12.2 Å². The molecule has 0 aromatic heterocycles. The van der Waals surface area contributed by atoms with Crippen LogP contribution in [0.25, 0.3) is 0 Å². The van der Waals surface area contributed by atoms with Crippen molar-refractivity contribution in [3.63, 3.8) is 0 Å². The topological polar surface area (TPSA) is 72.8 Å². The van der Waals surface area contributed by atoms with Gasteiger partial charge < -0.3 is 14.6 Å². The number of aliphatic hydroxyl groups is 1. The predicted octanol–water partition coefficient (Wildman–Crippen LogP) is 4.76. The minimum Gasteiger partial charge on any atom is -0.449 e. The van der Waals surface area contributed by atoms with Crippen LogP contribution in [0.1, 0.15) is 67.7 Å². The third-order valence-electron chi connectivity index (χ3n) is 6.12. The van der Waals surface area contributed by atoms with E-state index >= 15 is 0 Å². The first-order valence-corrected chi connectivity index (χ1v) is 10.7. The van der Waals surface area contributed by atoms with Gasteiger partial charge in [-0.25, -0.2) is 0 Å². The molecule has 1 aliphatic rings. The molecule has 0 fully saturated rings. The fourth-order valence-electron chi connectivity index (χ4n) is 4.45. The van der Waals surface area contributed by atoms with Crippen molar-refractivity contribution in [3.8, 4) is 11.8 Å². The average molecular weight is 431 g/mol. The number of hydrogen-bond donors (Lipinski definition) is 1.